The molecule has 0 amide bonds. The lowest BCUT2D eigenvalue weighted by molar-refractivity contribution is -0.108. The normalized spacial score (nSPS) is 21.0. The van der Waals surface area contributed by atoms with Crippen LogP contribution >= 0.6 is 0 Å². The van der Waals surface area contributed by atoms with Crippen molar-refractivity contribution in [2.45, 2.75) is 0 Å². The Morgan fingerprint density at radius 1 is 2.17 bits per heavy atom. The number of hydrogen-bond acceptors (Lipinski definition) is 2. The van der Waals surface area contributed by atoms with Crippen LogP contribution in [0, 0.1) is 0 Å². The van der Waals surface area contributed by atoms with Gasteiger partial charge in [0.2, 0.25) is 0 Å². The molecule has 3 heteroatoms. The van der Waals surface area contributed by atoms with Crippen molar-refractivity contribution in [3.8, 4) is 0 Å². The van der Waals surface area contributed by atoms with Crippen LogP contribution in [-0.4, -0.2) is 13.2 Å². The molecule has 1 aliphatic heterocycles. The average Bonchev–Trinajstić information content (AvgIpc) is 1.91. The summed E-state index contributed by atoms with van der Waals surface area (Å²) in [6.07, 6.45) is 1.16. The number of hydrogen-bond donors (Lipinski definition) is 0. The van der Waals surface area contributed by atoms with Crippen LogP contribution in [0.1, 0.15) is 1.37 Å². The number of rotatable bonds is 0. The van der Waals surface area contributed by atoms with Gasteiger partial charge in [0.25, 0.3) is 0 Å². The minimum atomic E-state index is -0.236. The standard InChI is InChI=1S/C3H3BO2/c5-3-1-2-6-4-3/h1-2,4H/i1D. The zero-order valence-corrected chi connectivity index (χ0v) is 3.10. The maximum absolute atomic E-state index is 10.2. The highest BCUT2D eigenvalue weighted by atomic mass is 16.4. The Morgan fingerprint density at radius 3 is 3.17 bits per heavy atom. The number of carbonyl (C=O) groups excluding carboxylic acids is 1. The van der Waals surface area contributed by atoms with Gasteiger partial charge < -0.3 is 9.45 Å². The first kappa shape index (κ1) is 2.45. The lowest BCUT2D eigenvalue weighted by atomic mass is 9.97. The van der Waals surface area contributed by atoms with E-state index >= 15 is 0 Å². The highest BCUT2D eigenvalue weighted by Crippen LogP contribution is 1.86. The molecule has 0 unspecified atom stereocenters. The van der Waals surface area contributed by atoms with Gasteiger partial charge in [-0.05, 0) is 0 Å². The van der Waals surface area contributed by atoms with Gasteiger partial charge in [-0.1, -0.05) is 0 Å². The molecule has 1 aliphatic rings. The van der Waals surface area contributed by atoms with Gasteiger partial charge in [0.1, 0.15) is 0 Å². The number of carbonyl (C=O) groups is 1. The monoisotopic (exact) mass is 83.0 g/mol. The van der Waals surface area contributed by atoms with Crippen LogP contribution in [0.5, 0.6) is 0 Å². The van der Waals surface area contributed by atoms with Gasteiger partial charge in [0.15, 0.2) is 5.68 Å². The molecular formula is C3H3BO2. The van der Waals surface area contributed by atoms with Crippen molar-refractivity contribution in [1.29, 1.82) is 0 Å². The maximum atomic E-state index is 10.2. The van der Waals surface area contributed by atoms with E-state index in [0.29, 0.717) is 0 Å². The van der Waals surface area contributed by atoms with E-state index in [1.54, 1.807) is 0 Å². The van der Waals surface area contributed by atoms with Crippen molar-refractivity contribution >= 4 is 13.2 Å². The zero-order chi connectivity index (χ0) is 5.28. The third-order valence-electron chi connectivity index (χ3n) is 0.518. The Labute approximate surface area is 37.5 Å². The SMILES string of the molecule is [2H]C1=COBC1=O. The summed E-state index contributed by atoms with van der Waals surface area (Å²) < 4.78 is 11.2. The predicted molar refractivity (Wildman–Crippen MR) is 22.4 cm³/mol. The molecular weight excluding hydrogens is 78.8 g/mol. The molecule has 0 atom stereocenters. The summed E-state index contributed by atoms with van der Waals surface area (Å²) in [6.45, 7) is 0. The van der Waals surface area contributed by atoms with Gasteiger partial charge >= 0.3 is 7.48 Å². The topological polar surface area (TPSA) is 26.3 Å². The van der Waals surface area contributed by atoms with E-state index in [-0.39, 0.29) is 19.2 Å². The lowest BCUT2D eigenvalue weighted by Crippen LogP contribution is -1.98. The van der Waals surface area contributed by atoms with E-state index in [2.05, 4.69) is 4.65 Å². The first-order chi connectivity index (χ1) is 3.30. The molecule has 0 aliphatic carbocycles. The molecule has 0 spiro atoms. The maximum Gasteiger partial charge on any atom is 0.417 e. The van der Waals surface area contributed by atoms with Gasteiger partial charge in [-0.15, -0.1) is 0 Å². The van der Waals surface area contributed by atoms with E-state index in [9.17, 15) is 4.79 Å². The molecule has 0 aromatic heterocycles. The third-order valence-corrected chi connectivity index (χ3v) is 0.518. The highest BCUT2D eigenvalue weighted by molar-refractivity contribution is 6.72. The molecule has 0 bridgehead atoms. The summed E-state index contributed by atoms with van der Waals surface area (Å²) in [5, 5.41) is 0. The van der Waals surface area contributed by atoms with Gasteiger partial charge in [-0.2, -0.15) is 0 Å². The molecule has 1 rings (SSSR count). The van der Waals surface area contributed by atoms with Crippen LogP contribution in [0.2, 0.25) is 0 Å². The summed E-state index contributed by atoms with van der Waals surface area (Å²) in [7, 11) is 0.0544. The smallest absolute Gasteiger partial charge is 0.417 e. The fourth-order valence-corrected chi connectivity index (χ4v) is 0.266. The lowest BCUT2D eigenvalue weighted by Gasteiger charge is -1.76. The number of allylic oxidation sites excluding steroid dienone is 1. The summed E-state index contributed by atoms with van der Waals surface area (Å²) in [5.74, 6) is 0. The Hall–Kier alpha value is -0.725. The van der Waals surface area contributed by atoms with Crippen LogP contribution in [0.25, 0.3) is 0 Å². The molecule has 0 radical (unpaired) electrons. The average molecular weight is 82.9 g/mol. The second-order valence-electron chi connectivity index (χ2n) is 0.996. The van der Waals surface area contributed by atoms with Gasteiger partial charge in [0, 0.05) is 6.05 Å². The molecule has 0 saturated heterocycles. The quantitative estimate of drug-likeness (QED) is 0.366. The van der Waals surface area contributed by atoms with Crippen LogP contribution in [-0.2, 0) is 9.45 Å². The highest BCUT2D eigenvalue weighted by Gasteiger charge is 2.04. The molecule has 0 saturated carbocycles. The fourth-order valence-electron chi connectivity index (χ4n) is 0.266. The largest absolute Gasteiger partial charge is 0.561 e. The molecule has 0 N–H and O–H groups in total. The van der Waals surface area contributed by atoms with Crippen LogP contribution < -0.4 is 0 Å². The molecule has 1 heterocycles. The first-order valence-corrected chi connectivity index (χ1v) is 1.62. The zero-order valence-electron chi connectivity index (χ0n) is 4.10. The van der Waals surface area contributed by atoms with Crippen molar-refractivity contribution in [2.24, 2.45) is 0 Å². The van der Waals surface area contributed by atoms with E-state index < -0.39 is 0 Å². The summed E-state index contributed by atoms with van der Waals surface area (Å²) >= 11 is 0. The first-order valence-electron chi connectivity index (χ1n) is 2.12. The predicted octanol–water partition coefficient (Wildman–Crippen LogP) is -0.592. The second kappa shape index (κ2) is 1.16. The molecule has 0 fully saturated rings. The molecule has 6 heavy (non-hydrogen) atoms. The van der Waals surface area contributed by atoms with Crippen molar-refractivity contribution in [2.75, 3.05) is 0 Å². The third kappa shape index (κ3) is 0.430. The van der Waals surface area contributed by atoms with E-state index in [4.69, 9.17) is 1.37 Å². The minimum Gasteiger partial charge on any atom is -0.561 e. The van der Waals surface area contributed by atoms with Crippen molar-refractivity contribution in [3.05, 3.63) is 12.3 Å². The molecule has 2 nitrogen and oxygen atoms in total. The summed E-state index contributed by atoms with van der Waals surface area (Å²) in [4.78, 5) is 10.2. The second-order valence-corrected chi connectivity index (χ2v) is 0.996. The molecule has 30 valence electrons. The van der Waals surface area contributed by atoms with Gasteiger partial charge in [-0.25, -0.2) is 0 Å². The molecule has 0 aromatic rings. The molecule has 0 aromatic carbocycles. The van der Waals surface area contributed by atoms with Crippen molar-refractivity contribution < 1.29 is 10.8 Å². The van der Waals surface area contributed by atoms with E-state index in [1.807, 2.05) is 0 Å². The van der Waals surface area contributed by atoms with Gasteiger partial charge in [-0.3, -0.25) is 0 Å². The van der Waals surface area contributed by atoms with Crippen molar-refractivity contribution in [3.63, 3.8) is 0 Å². The van der Waals surface area contributed by atoms with Crippen LogP contribution in [0.15, 0.2) is 12.3 Å². The Balaban J connectivity index is 2.72. The van der Waals surface area contributed by atoms with Crippen LogP contribution in [0.4, 0.5) is 0 Å². The van der Waals surface area contributed by atoms with Crippen molar-refractivity contribution in [1.82, 2.24) is 0 Å². The van der Waals surface area contributed by atoms with E-state index in [0.717, 1.165) is 6.26 Å². The minimum absolute atomic E-state index is 0.0278. The Bertz CT molecular complexity index is 131. The Kier molecular flexibility index (Phi) is 0.475. The fraction of sp³-hybridized carbons (Fsp3) is 0. The van der Waals surface area contributed by atoms with Crippen LogP contribution in [0.3, 0.4) is 0 Å². The summed E-state index contributed by atoms with van der Waals surface area (Å²) in [5.41, 5.74) is -0.236. The Morgan fingerprint density at radius 2 is 3.00 bits per heavy atom. The van der Waals surface area contributed by atoms with E-state index in [1.165, 1.54) is 0 Å². The van der Waals surface area contributed by atoms with Gasteiger partial charge in [0.05, 0.1) is 7.63 Å². The summed E-state index contributed by atoms with van der Waals surface area (Å²) in [6, 6.07) is -0.0278.